The minimum atomic E-state index is 0.486. The Kier molecular flexibility index (Phi) is 7.44. The lowest BCUT2D eigenvalue weighted by Gasteiger charge is -2.41. The van der Waals surface area contributed by atoms with E-state index >= 15 is 0 Å². The van der Waals surface area contributed by atoms with Gasteiger partial charge in [0.05, 0.1) is 8.47 Å². The second-order valence-corrected chi connectivity index (χ2v) is 20.4. The van der Waals surface area contributed by atoms with Gasteiger partial charge < -0.3 is 0 Å². The Balaban J connectivity index is 1.05. The third-order valence-corrected chi connectivity index (χ3v) is 19.7. The van der Waals surface area contributed by atoms with Gasteiger partial charge in [-0.2, -0.15) is 0 Å². The highest BCUT2D eigenvalue weighted by Gasteiger charge is 2.39. The van der Waals surface area contributed by atoms with Crippen LogP contribution in [-0.2, 0) is 0 Å². The molecule has 0 saturated carbocycles. The topological polar surface area (TPSA) is 0 Å². The number of benzene rings is 2. The summed E-state index contributed by atoms with van der Waals surface area (Å²) in [5.41, 5.74) is 0. The summed E-state index contributed by atoms with van der Waals surface area (Å²) in [7, 11) is 0. The monoisotopic (exact) mass is 668 g/mol. The van der Waals surface area contributed by atoms with Crippen molar-refractivity contribution in [2.75, 3.05) is 0 Å². The molecule has 5 atom stereocenters. The van der Waals surface area contributed by atoms with Gasteiger partial charge in [0.1, 0.15) is 0 Å². The molecular formula is C32H28S8. The molecule has 0 saturated heterocycles. The molecule has 2 aromatic carbocycles. The van der Waals surface area contributed by atoms with E-state index in [1.54, 1.807) is 9.81 Å². The maximum atomic E-state index is 4.24. The fourth-order valence-corrected chi connectivity index (χ4v) is 17.4. The molecule has 0 spiro atoms. The predicted octanol–water partition coefficient (Wildman–Crippen LogP) is 12.5. The largest absolute Gasteiger partial charge is 0.116 e. The van der Waals surface area contributed by atoms with Gasteiger partial charge in [-0.15, -0.1) is 30.1 Å². The van der Waals surface area contributed by atoms with Crippen molar-refractivity contribution in [1.29, 1.82) is 0 Å². The van der Waals surface area contributed by atoms with E-state index in [1.165, 1.54) is 54.1 Å². The van der Waals surface area contributed by atoms with E-state index in [0.29, 0.717) is 28.3 Å². The zero-order chi connectivity index (χ0) is 27.1. The number of rotatable bonds is 2. The Hall–Kier alpha value is -0.0600. The average molecular weight is 669 g/mol. The minimum absolute atomic E-state index is 0.486. The Morgan fingerprint density at radius 3 is 1.60 bits per heavy atom. The zero-order valence-corrected chi connectivity index (χ0v) is 28.9. The third-order valence-electron chi connectivity index (χ3n) is 8.30. The molecule has 6 aliphatic rings. The lowest BCUT2D eigenvalue weighted by molar-refractivity contribution is 0.258. The molecule has 4 heterocycles. The maximum absolute atomic E-state index is 4.24. The van der Waals surface area contributed by atoms with Crippen LogP contribution in [0.15, 0.2) is 119 Å². The van der Waals surface area contributed by atoms with E-state index in [-0.39, 0.29) is 0 Å². The standard InChI is InChI=1S/C32H28S8/c1-5-17-10-18(15(2)3)16(4)29-30(17)36-24-14-28-27(13-23(24)35-29)39-32(40-28)31-37-25-11-21-22(12-26(25)38-31)34-20-9-7-6-8-19(20)33-21/h5-9,11-20H,1,10H2,2-4H3. The summed E-state index contributed by atoms with van der Waals surface area (Å²) in [5.74, 6) is 2.53. The number of hydrogen-bond acceptors (Lipinski definition) is 8. The summed E-state index contributed by atoms with van der Waals surface area (Å²) in [5, 5.41) is 1.10. The minimum Gasteiger partial charge on any atom is -0.116 e. The lowest BCUT2D eigenvalue weighted by Crippen LogP contribution is -2.28. The van der Waals surface area contributed by atoms with Gasteiger partial charge in [0, 0.05) is 65.4 Å². The summed E-state index contributed by atoms with van der Waals surface area (Å²) in [4.78, 5) is 14.7. The summed E-state index contributed by atoms with van der Waals surface area (Å²) >= 11 is 16.1. The van der Waals surface area contributed by atoms with Crippen molar-refractivity contribution in [2.24, 2.45) is 23.7 Å². The van der Waals surface area contributed by atoms with Crippen LogP contribution in [0.25, 0.3) is 0 Å². The SMILES string of the molecule is C=CC1CC(C(C)C)C(C)C2=C1Sc1cc3c(cc1S2)SC(=C1Sc2cc4c(cc2S1)SC1C=CC=CC1S4)S3. The van der Waals surface area contributed by atoms with E-state index in [4.69, 9.17) is 0 Å². The smallest absolute Gasteiger partial charge is 0.0706 e. The Morgan fingerprint density at radius 2 is 1.12 bits per heavy atom. The van der Waals surface area contributed by atoms with Gasteiger partial charge in [0.15, 0.2) is 0 Å². The first kappa shape index (κ1) is 27.5. The van der Waals surface area contributed by atoms with Gasteiger partial charge in [-0.05, 0) is 48.4 Å². The van der Waals surface area contributed by atoms with Crippen molar-refractivity contribution in [3.05, 3.63) is 79.5 Å². The molecule has 8 heteroatoms. The molecule has 0 fully saturated rings. The molecule has 0 amide bonds. The molecule has 0 nitrogen and oxygen atoms in total. The van der Waals surface area contributed by atoms with Crippen molar-refractivity contribution < 1.29 is 0 Å². The highest BCUT2D eigenvalue weighted by molar-refractivity contribution is 8.30. The van der Waals surface area contributed by atoms with Gasteiger partial charge in [-0.3, -0.25) is 0 Å². The van der Waals surface area contributed by atoms with Gasteiger partial charge >= 0.3 is 0 Å². The molecule has 204 valence electrons. The summed E-state index contributed by atoms with van der Waals surface area (Å²) in [6.07, 6.45) is 12.6. The Bertz CT molecular complexity index is 1530. The van der Waals surface area contributed by atoms with Crippen LogP contribution in [0.1, 0.15) is 27.2 Å². The van der Waals surface area contributed by atoms with E-state index in [2.05, 4.69) is 82.0 Å². The van der Waals surface area contributed by atoms with Crippen molar-refractivity contribution in [1.82, 2.24) is 0 Å². The van der Waals surface area contributed by atoms with Gasteiger partial charge in [-0.1, -0.05) is 122 Å². The average Bonchev–Trinajstić information content (AvgIpc) is 3.56. The van der Waals surface area contributed by atoms with Crippen molar-refractivity contribution in [3.8, 4) is 0 Å². The van der Waals surface area contributed by atoms with Crippen molar-refractivity contribution in [3.63, 3.8) is 0 Å². The van der Waals surface area contributed by atoms with Crippen LogP contribution in [0.2, 0.25) is 0 Å². The third kappa shape index (κ3) is 4.70. The second-order valence-electron chi connectivity index (χ2n) is 11.1. The number of allylic oxidation sites excluding steroid dienone is 5. The van der Waals surface area contributed by atoms with Crippen molar-refractivity contribution >= 4 is 94.1 Å². The van der Waals surface area contributed by atoms with Gasteiger partial charge in [0.2, 0.25) is 0 Å². The molecule has 0 N–H and O–H groups in total. The van der Waals surface area contributed by atoms with Crippen LogP contribution >= 0.6 is 94.1 Å². The number of thioether (sulfide) groups is 8. The Morgan fingerprint density at radius 1 is 0.675 bits per heavy atom. The first-order chi connectivity index (χ1) is 19.4. The number of hydrogen-bond donors (Lipinski definition) is 0. The maximum Gasteiger partial charge on any atom is 0.0706 e. The van der Waals surface area contributed by atoms with E-state index in [1.807, 2.05) is 94.1 Å². The molecule has 8 rings (SSSR count). The highest BCUT2D eigenvalue weighted by atomic mass is 32.2. The Labute approximate surface area is 271 Å². The molecular weight excluding hydrogens is 641 g/mol. The van der Waals surface area contributed by atoms with Crippen LogP contribution in [0.3, 0.4) is 0 Å². The first-order valence-electron chi connectivity index (χ1n) is 13.7. The van der Waals surface area contributed by atoms with Crippen LogP contribution in [0.5, 0.6) is 0 Å². The molecule has 0 radical (unpaired) electrons. The lowest BCUT2D eigenvalue weighted by atomic mass is 9.74. The summed E-state index contributed by atoms with van der Waals surface area (Å²) < 4.78 is 2.90. The molecule has 2 aromatic rings. The summed E-state index contributed by atoms with van der Waals surface area (Å²) in [6, 6.07) is 9.87. The fourth-order valence-electron chi connectivity index (χ4n) is 6.15. The van der Waals surface area contributed by atoms with Crippen LogP contribution < -0.4 is 0 Å². The van der Waals surface area contributed by atoms with Gasteiger partial charge in [0.25, 0.3) is 0 Å². The predicted molar refractivity (Wildman–Crippen MR) is 185 cm³/mol. The second kappa shape index (κ2) is 10.8. The normalized spacial score (nSPS) is 29.6. The van der Waals surface area contributed by atoms with E-state index in [0.717, 1.165) is 5.92 Å². The van der Waals surface area contributed by atoms with Gasteiger partial charge in [-0.25, -0.2) is 0 Å². The highest BCUT2D eigenvalue weighted by Crippen LogP contribution is 2.65. The van der Waals surface area contributed by atoms with Crippen LogP contribution in [0.4, 0.5) is 0 Å². The van der Waals surface area contributed by atoms with Crippen LogP contribution in [-0.4, -0.2) is 10.5 Å². The quantitative estimate of drug-likeness (QED) is 0.286. The van der Waals surface area contributed by atoms with E-state index in [9.17, 15) is 0 Å². The molecule has 2 aliphatic carbocycles. The molecule has 5 unspecified atom stereocenters. The fraction of sp³-hybridized carbons (Fsp3) is 0.312. The zero-order valence-electron chi connectivity index (χ0n) is 22.3. The molecule has 0 bridgehead atoms. The molecule has 0 aromatic heterocycles. The molecule has 40 heavy (non-hydrogen) atoms. The van der Waals surface area contributed by atoms with E-state index < -0.39 is 0 Å². The molecule has 4 aliphatic heterocycles. The number of fused-ring (bicyclic) bond motifs is 5. The first-order valence-corrected chi connectivity index (χ1v) is 20.3. The van der Waals surface area contributed by atoms with Crippen LogP contribution in [0, 0.1) is 23.7 Å². The van der Waals surface area contributed by atoms with Crippen molar-refractivity contribution in [2.45, 2.75) is 76.9 Å². The summed E-state index contributed by atoms with van der Waals surface area (Å²) in [6.45, 7) is 11.5.